The molecular formula is C24H34F2N2O4SSi. The van der Waals surface area contributed by atoms with Crippen LogP contribution in [0.1, 0.15) is 39.7 Å². The molecule has 0 N–H and O–H groups in total. The fourth-order valence-corrected chi connectivity index (χ4v) is 6.21. The summed E-state index contributed by atoms with van der Waals surface area (Å²) in [7, 11) is -1.35. The SMILES string of the molecule is CC(C)(C)OC(=O)N(COCC[Si](C)(C)C)C1=N[C@](C)(c2cccc(F)c2F)C2C[C@]2(C=O)S1. The number of nitrogens with zero attached hydrogens (tertiary/aromatic N) is 2. The topological polar surface area (TPSA) is 68.2 Å². The van der Waals surface area contributed by atoms with E-state index in [0.717, 1.165) is 30.2 Å². The van der Waals surface area contributed by atoms with E-state index >= 15 is 0 Å². The maximum Gasteiger partial charge on any atom is 0.418 e. The van der Waals surface area contributed by atoms with Crippen LogP contribution in [-0.2, 0) is 19.8 Å². The Labute approximate surface area is 205 Å². The predicted molar refractivity (Wildman–Crippen MR) is 133 cm³/mol. The van der Waals surface area contributed by atoms with Crippen LogP contribution >= 0.6 is 11.8 Å². The minimum atomic E-state index is -1.35. The molecule has 6 nitrogen and oxygen atoms in total. The van der Waals surface area contributed by atoms with Gasteiger partial charge in [-0.1, -0.05) is 43.5 Å². The van der Waals surface area contributed by atoms with Crippen molar-refractivity contribution in [3.05, 3.63) is 35.4 Å². The summed E-state index contributed by atoms with van der Waals surface area (Å²) in [5, 5.41) is 0.203. The smallest absolute Gasteiger partial charge is 0.418 e. The molecular weight excluding hydrogens is 478 g/mol. The van der Waals surface area contributed by atoms with E-state index in [2.05, 4.69) is 19.6 Å². The van der Waals surface area contributed by atoms with Gasteiger partial charge in [0.15, 0.2) is 16.8 Å². The second kappa shape index (κ2) is 9.35. The van der Waals surface area contributed by atoms with Gasteiger partial charge in [0.1, 0.15) is 18.6 Å². The molecule has 2 aliphatic rings. The molecule has 1 aromatic rings. The number of carbonyl (C=O) groups is 2. The van der Waals surface area contributed by atoms with Crippen molar-refractivity contribution in [2.45, 2.75) is 75.7 Å². The number of halogens is 2. The minimum absolute atomic E-state index is 0.0582. The zero-order valence-electron chi connectivity index (χ0n) is 20.9. The average molecular weight is 513 g/mol. The summed E-state index contributed by atoms with van der Waals surface area (Å²) in [6.45, 7) is 14.0. The molecule has 0 spiro atoms. The molecule has 10 heteroatoms. The Morgan fingerprint density at radius 1 is 1.32 bits per heavy atom. The molecule has 1 aliphatic carbocycles. The van der Waals surface area contributed by atoms with Crippen molar-refractivity contribution in [1.29, 1.82) is 0 Å². The lowest BCUT2D eigenvalue weighted by molar-refractivity contribution is -0.108. The minimum Gasteiger partial charge on any atom is -0.443 e. The van der Waals surface area contributed by atoms with E-state index in [9.17, 15) is 18.4 Å². The van der Waals surface area contributed by atoms with E-state index in [-0.39, 0.29) is 23.4 Å². The van der Waals surface area contributed by atoms with Crippen LogP contribution in [0.5, 0.6) is 0 Å². The van der Waals surface area contributed by atoms with Crippen molar-refractivity contribution in [2.24, 2.45) is 10.9 Å². The van der Waals surface area contributed by atoms with Crippen LogP contribution in [0.25, 0.3) is 0 Å². The van der Waals surface area contributed by atoms with E-state index in [1.165, 1.54) is 17.0 Å². The second-order valence-corrected chi connectivity index (χ2v) is 18.3. The predicted octanol–water partition coefficient (Wildman–Crippen LogP) is 5.79. The van der Waals surface area contributed by atoms with Gasteiger partial charge in [-0.3, -0.25) is 4.99 Å². The summed E-state index contributed by atoms with van der Waals surface area (Å²) in [4.78, 5) is 31.3. The number of rotatable bonds is 7. The van der Waals surface area contributed by atoms with Crippen LogP contribution < -0.4 is 0 Å². The molecule has 34 heavy (non-hydrogen) atoms. The monoisotopic (exact) mass is 512 g/mol. The molecule has 1 unspecified atom stereocenters. The molecule has 3 rings (SSSR count). The number of aliphatic imine (C=N–C) groups is 1. The van der Waals surface area contributed by atoms with Gasteiger partial charge in [0, 0.05) is 26.2 Å². The maximum atomic E-state index is 14.9. The first-order chi connectivity index (χ1) is 15.6. The number of thioether (sulfide) groups is 1. The van der Waals surface area contributed by atoms with Gasteiger partial charge in [-0.2, -0.15) is 0 Å². The number of amidine groups is 1. The van der Waals surface area contributed by atoms with Crippen LogP contribution in [0.2, 0.25) is 25.7 Å². The molecule has 188 valence electrons. The van der Waals surface area contributed by atoms with Gasteiger partial charge in [-0.05, 0) is 46.2 Å². The van der Waals surface area contributed by atoms with Crippen molar-refractivity contribution in [1.82, 2.24) is 4.90 Å². The summed E-state index contributed by atoms with van der Waals surface area (Å²) < 4.78 is 39.5. The Morgan fingerprint density at radius 3 is 2.59 bits per heavy atom. The molecule has 0 bridgehead atoms. The van der Waals surface area contributed by atoms with Crippen molar-refractivity contribution >= 4 is 37.4 Å². The van der Waals surface area contributed by atoms with Crippen LogP contribution in [0.4, 0.5) is 13.6 Å². The van der Waals surface area contributed by atoms with Gasteiger partial charge >= 0.3 is 6.09 Å². The normalized spacial score (nSPS) is 26.4. The highest BCUT2D eigenvalue weighted by molar-refractivity contribution is 8.15. The third kappa shape index (κ3) is 5.71. The molecule has 3 atom stereocenters. The lowest BCUT2D eigenvalue weighted by atomic mass is 9.86. The first-order valence-electron chi connectivity index (χ1n) is 11.4. The van der Waals surface area contributed by atoms with Gasteiger partial charge < -0.3 is 14.3 Å². The Hall–Kier alpha value is -1.78. The van der Waals surface area contributed by atoms with E-state index < -0.39 is 41.7 Å². The number of carbonyl (C=O) groups excluding carboxylic acids is 2. The quantitative estimate of drug-likeness (QED) is 0.200. The highest BCUT2D eigenvalue weighted by Crippen LogP contribution is 2.65. The number of hydrogen-bond donors (Lipinski definition) is 0. The summed E-state index contributed by atoms with van der Waals surface area (Å²) in [5.41, 5.74) is -1.94. The largest absolute Gasteiger partial charge is 0.443 e. The van der Waals surface area contributed by atoms with E-state index in [1.807, 2.05) is 0 Å². The van der Waals surface area contributed by atoms with Crippen LogP contribution in [0.15, 0.2) is 23.2 Å². The lowest BCUT2D eigenvalue weighted by Gasteiger charge is -2.36. The highest BCUT2D eigenvalue weighted by atomic mass is 32.2. The van der Waals surface area contributed by atoms with Gasteiger partial charge in [-0.25, -0.2) is 18.5 Å². The maximum absolute atomic E-state index is 14.9. The van der Waals surface area contributed by atoms with Crippen LogP contribution in [0, 0.1) is 17.6 Å². The molecule has 0 radical (unpaired) electrons. The molecule has 1 amide bonds. The van der Waals surface area contributed by atoms with Gasteiger partial charge in [0.05, 0.1) is 10.3 Å². The third-order valence-electron chi connectivity index (χ3n) is 6.00. The second-order valence-electron chi connectivity index (χ2n) is 11.3. The molecule has 1 aliphatic heterocycles. The Kier molecular flexibility index (Phi) is 7.37. The highest BCUT2D eigenvalue weighted by Gasteiger charge is 2.68. The van der Waals surface area contributed by atoms with E-state index in [4.69, 9.17) is 14.5 Å². The molecule has 1 fully saturated rings. The number of aldehydes is 1. The van der Waals surface area contributed by atoms with Crippen LogP contribution in [-0.4, -0.2) is 54.2 Å². The molecule has 0 saturated heterocycles. The van der Waals surface area contributed by atoms with Crippen LogP contribution in [0.3, 0.4) is 0 Å². The van der Waals surface area contributed by atoms with Gasteiger partial charge in [0.2, 0.25) is 0 Å². The standard InChI is InChI=1S/C24H34F2N2O4SSi/c1-22(2,3)32-21(30)28(15-31-11-12-34(5,6)7)20-27-23(4,18-13-24(18,14-29)33-20)16-9-8-10-17(25)19(16)26/h8-10,14,18H,11-13,15H2,1-7H3/t18?,23-,24-/m1/s1. The van der Waals surface area contributed by atoms with Crippen molar-refractivity contribution in [3.63, 3.8) is 0 Å². The number of fused-ring (bicyclic) bond motifs is 1. The molecule has 1 aromatic carbocycles. The number of benzene rings is 1. The fraction of sp³-hybridized carbons (Fsp3) is 0.625. The summed E-state index contributed by atoms with van der Waals surface area (Å²) in [6.07, 6.45) is 0.597. The zero-order chi connectivity index (χ0) is 25.5. The lowest BCUT2D eigenvalue weighted by Crippen LogP contribution is -2.46. The number of amides is 1. The average Bonchev–Trinajstić information content (AvgIpc) is 3.44. The van der Waals surface area contributed by atoms with Crippen molar-refractivity contribution < 1.29 is 27.8 Å². The molecule has 1 saturated carbocycles. The molecule has 1 heterocycles. The zero-order valence-corrected chi connectivity index (χ0v) is 22.7. The Balaban J connectivity index is 1.99. The first-order valence-corrected chi connectivity index (χ1v) is 15.9. The van der Waals surface area contributed by atoms with E-state index in [0.29, 0.717) is 13.0 Å². The summed E-state index contributed by atoms with van der Waals surface area (Å²) >= 11 is 1.16. The Bertz CT molecular complexity index is 994. The number of hydrogen-bond acceptors (Lipinski definition) is 6. The van der Waals surface area contributed by atoms with Gasteiger partial charge in [-0.15, -0.1) is 0 Å². The van der Waals surface area contributed by atoms with Crippen molar-refractivity contribution in [2.75, 3.05) is 13.3 Å². The van der Waals surface area contributed by atoms with Gasteiger partial charge in [0.25, 0.3) is 0 Å². The summed E-state index contributed by atoms with van der Waals surface area (Å²) in [6, 6.07) is 4.85. The van der Waals surface area contributed by atoms with Crippen molar-refractivity contribution in [3.8, 4) is 0 Å². The third-order valence-corrected chi connectivity index (χ3v) is 9.12. The summed E-state index contributed by atoms with van der Waals surface area (Å²) in [5.74, 6) is -2.30. The van der Waals surface area contributed by atoms with E-state index in [1.54, 1.807) is 27.7 Å². The fourth-order valence-electron chi connectivity index (χ4n) is 3.97. The number of ether oxygens (including phenoxy) is 2. The molecule has 0 aromatic heterocycles. The Morgan fingerprint density at radius 2 is 2.00 bits per heavy atom. The first kappa shape index (κ1) is 26.8.